The van der Waals surface area contributed by atoms with Crippen LogP contribution in [-0.4, -0.2) is 57.2 Å². The topological polar surface area (TPSA) is 59.1 Å². The van der Waals surface area contributed by atoms with E-state index in [0.717, 1.165) is 29.3 Å². The highest BCUT2D eigenvalue weighted by atomic mass is 19.1. The van der Waals surface area contributed by atoms with Crippen molar-refractivity contribution in [2.75, 3.05) is 45.4 Å². The van der Waals surface area contributed by atoms with Crippen molar-refractivity contribution in [2.24, 2.45) is 0 Å². The largest absolute Gasteiger partial charge is 0.383 e. The Labute approximate surface area is 186 Å². The van der Waals surface area contributed by atoms with Gasteiger partial charge in [0.15, 0.2) is 0 Å². The molecule has 0 unspecified atom stereocenters. The molecule has 0 radical (unpaired) electrons. The Morgan fingerprint density at radius 1 is 0.875 bits per heavy atom. The second-order valence-corrected chi connectivity index (χ2v) is 7.54. The Balaban J connectivity index is 2.19. The molecule has 0 aliphatic carbocycles. The van der Waals surface area contributed by atoms with Crippen molar-refractivity contribution in [1.29, 1.82) is 0 Å². The Morgan fingerprint density at radius 2 is 1.53 bits per heavy atom. The van der Waals surface area contributed by atoms with E-state index in [2.05, 4.69) is 0 Å². The summed E-state index contributed by atoms with van der Waals surface area (Å²) >= 11 is 0. The lowest BCUT2D eigenvalue weighted by Gasteiger charge is -2.25. The molecule has 0 fully saturated rings. The number of carbonyl (C=O) groups excluding carboxylic acids is 2. The predicted molar refractivity (Wildman–Crippen MR) is 117 cm³/mol. The van der Waals surface area contributed by atoms with Crippen LogP contribution in [0.5, 0.6) is 0 Å². The molecular weight excluding hydrogens is 418 g/mol. The zero-order chi connectivity index (χ0) is 23.4. The maximum absolute atomic E-state index is 14.6. The van der Waals surface area contributed by atoms with Crippen LogP contribution in [-0.2, 0) is 19.1 Å². The third-order valence-corrected chi connectivity index (χ3v) is 5.45. The molecule has 0 N–H and O–H groups in total. The summed E-state index contributed by atoms with van der Waals surface area (Å²) in [6, 6.07) is 8.09. The van der Waals surface area contributed by atoms with Crippen molar-refractivity contribution in [3.05, 3.63) is 70.4 Å². The third-order valence-electron chi connectivity index (χ3n) is 5.45. The Kier molecular flexibility index (Phi) is 7.37. The van der Waals surface area contributed by atoms with E-state index in [0.29, 0.717) is 36.8 Å². The molecule has 2 aromatic carbocycles. The van der Waals surface area contributed by atoms with E-state index in [1.807, 2.05) is 26.0 Å². The molecule has 0 saturated heterocycles. The van der Waals surface area contributed by atoms with Gasteiger partial charge in [0.25, 0.3) is 11.8 Å². The number of hydrogen-bond acceptors (Lipinski definition) is 5. The van der Waals surface area contributed by atoms with Gasteiger partial charge in [0, 0.05) is 33.4 Å². The fourth-order valence-electron chi connectivity index (χ4n) is 3.58. The van der Waals surface area contributed by atoms with Crippen LogP contribution in [0.4, 0.5) is 14.5 Å². The van der Waals surface area contributed by atoms with Crippen molar-refractivity contribution in [3.63, 3.8) is 0 Å². The van der Waals surface area contributed by atoms with Gasteiger partial charge in [-0.25, -0.2) is 13.7 Å². The summed E-state index contributed by atoms with van der Waals surface area (Å²) in [5, 5.41) is 0. The molecule has 0 saturated carbocycles. The lowest BCUT2D eigenvalue weighted by Crippen LogP contribution is -2.38. The first-order chi connectivity index (χ1) is 15.3. The van der Waals surface area contributed by atoms with Crippen LogP contribution >= 0.6 is 0 Å². The van der Waals surface area contributed by atoms with E-state index in [1.54, 1.807) is 11.0 Å². The Bertz CT molecular complexity index is 1060. The fraction of sp³-hybridized carbons (Fsp3) is 0.333. The first-order valence-corrected chi connectivity index (χ1v) is 10.2. The monoisotopic (exact) mass is 444 g/mol. The van der Waals surface area contributed by atoms with Gasteiger partial charge < -0.3 is 14.4 Å². The standard InChI is InChI=1S/C24H26F2N2O4/c1-15-5-6-17(13-16(15)2)21-22(27(9-11-31-3)10-12-32-4)24(30)28(23(21)29)20-14-18(25)7-8-19(20)26/h5-8,13-14H,9-12H2,1-4H3. The zero-order valence-corrected chi connectivity index (χ0v) is 18.6. The molecule has 1 aliphatic heterocycles. The normalized spacial score (nSPS) is 14.0. The molecule has 1 aliphatic rings. The van der Waals surface area contributed by atoms with Crippen LogP contribution in [0.3, 0.4) is 0 Å². The number of carbonyl (C=O) groups is 2. The van der Waals surface area contributed by atoms with Gasteiger partial charge in [0.1, 0.15) is 17.3 Å². The van der Waals surface area contributed by atoms with Gasteiger partial charge >= 0.3 is 0 Å². The molecule has 1 heterocycles. The molecule has 8 heteroatoms. The number of anilines is 1. The maximum atomic E-state index is 14.6. The number of ether oxygens (including phenoxy) is 2. The number of hydrogen-bond donors (Lipinski definition) is 0. The second-order valence-electron chi connectivity index (χ2n) is 7.54. The minimum absolute atomic E-state index is 0.107. The van der Waals surface area contributed by atoms with E-state index in [4.69, 9.17) is 9.47 Å². The van der Waals surface area contributed by atoms with Gasteiger partial charge in [-0.3, -0.25) is 9.59 Å². The maximum Gasteiger partial charge on any atom is 0.282 e. The van der Waals surface area contributed by atoms with Crippen LogP contribution in [0.15, 0.2) is 42.1 Å². The third kappa shape index (κ3) is 4.56. The van der Waals surface area contributed by atoms with Crippen molar-refractivity contribution in [2.45, 2.75) is 13.8 Å². The first kappa shape index (κ1) is 23.6. The molecular formula is C24H26F2N2O4. The van der Waals surface area contributed by atoms with Crippen LogP contribution < -0.4 is 4.90 Å². The average Bonchev–Trinajstić information content (AvgIpc) is 3.02. The summed E-state index contributed by atoms with van der Waals surface area (Å²) in [7, 11) is 3.06. The molecule has 32 heavy (non-hydrogen) atoms. The molecule has 0 bridgehead atoms. The predicted octanol–water partition coefficient (Wildman–Crippen LogP) is 3.46. The number of methoxy groups -OCH3 is 2. The van der Waals surface area contributed by atoms with Gasteiger partial charge in [-0.15, -0.1) is 0 Å². The molecule has 0 aromatic heterocycles. The molecule has 3 rings (SSSR count). The van der Waals surface area contributed by atoms with Gasteiger partial charge in [0.05, 0.1) is 24.5 Å². The van der Waals surface area contributed by atoms with E-state index < -0.39 is 29.1 Å². The summed E-state index contributed by atoms with van der Waals surface area (Å²) in [5.41, 5.74) is 2.31. The lowest BCUT2D eigenvalue weighted by atomic mass is 9.99. The van der Waals surface area contributed by atoms with Crippen LogP contribution in [0.2, 0.25) is 0 Å². The number of halogens is 2. The van der Waals surface area contributed by atoms with E-state index in [9.17, 15) is 18.4 Å². The smallest absolute Gasteiger partial charge is 0.282 e. The molecule has 170 valence electrons. The van der Waals surface area contributed by atoms with Gasteiger partial charge in [-0.2, -0.15) is 0 Å². The van der Waals surface area contributed by atoms with Crippen LogP contribution in [0.25, 0.3) is 5.57 Å². The van der Waals surface area contributed by atoms with Crippen LogP contribution in [0, 0.1) is 25.5 Å². The highest BCUT2D eigenvalue weighted by Gasteiger charge is 2.43. The summed E-state index contributed by atoms with van der Waals surface area (Å²) in [6.07, 6.45) is 0. The molecule has 2 amide bonds. The number of nitrogens with zero attached hydrogens (tertiary/aromatic N) is 2. The molecule has 6 nitrogen and oxygen atoms in total. The van der Waals surface area contributed by atoms with E-state index in [-0.39, 0.29) is 11.3 Å². The average molecular weight is 444 g/mol. The SMILES string of the molecule is COCCN(CCOC)C1=C(c2ccc(C)c(C)c2)C(=O)N(c2cc(F)ccc2F)C1=O. The number of aryl methyl sites for hydroxylation is 2. The second kappa shape index (κ2) is 10.0. The first-order valence-electron chi connectivity index (χ1n) is 10.2. The number of benzene rings is 2. The van der Waals surface area contributed by atoms with Crippen molar-refractivity contribution < 1.29 is 27.8 Å². The number of rotatable bonds is 9. The van der Waals surface area contributed by atoms with E-state index >= 15 is 0 Å². The Hall–Kier alpha value is -3.10. The minimum atomic E-state index is -0.867. The molecule has 0 atom stereocenters. The highest BCUT2D eigenvalue weighted by molar-refractivity contribution is 6.45. The van der Waals surface area contributed by atoms with Gasteiger partial charge in [-0.1, -0.05) is 18.2 Å². The van der Waals surface area contributed by atoms with Crippen molar-refractivity contribution in [3.8, 4) is 0 Å². The van der Waals surface area contributed by atoms with Gasteiger partial charge in [-0.05, 0) is 42.7 Å². The van der Waals surface area contributed by atoms with Gasteiger partial charge in [0.2, 0.25) is 0 Å². The zero-order valence-electron chi connectivity index (χ0n) is 18.6. The number of imide groups is 1. The fourth-order valence-corrected chi connectivity index (χ4v) is 3.58. The lowest BCUT2D eigenvalue weighted by molar-refractivity contribution is -0.120. The van der Waals surface area contributed by atoms with Crippen molar-refractivity contribution >= 4 is 23.1 Å². The van der Waals surface area contributed by atoms with Crippen LogP contribution in [0.1, 0.15) is 16.7 Å². The number of amides is 2. The minimum Gasteiger partial charge on any atom is -0.383 e. The quantitative estimate of drug-likeness (QED) is 0.555. The summed E-state index contributed by atoms with van der Waals surface area (Å²) < 4.78 is 38.8. The molecule has 2 aromatic rings. The summed E-state index contributed by atoms with van der Waals surface area (Å²) in [4.78, 5) is 29.4. The summed E-state index contributed by atoms with van der Waals surface area (Å²) in [5.74, 6) is -3.05. The summed E-state index contributed by atoms with van der Waals surface area (Å²) in [6.45, 7) is 5.04. The van der Waals surface area contributed by atoms with E-state index in [1.165, 1.54) is 14.2 Å². The molecule has 0 spiro atoms. The van der Waals surface area contributed by atoms with Crippen molar-refractivity contribution in [1.82, 2.24) is 4.90 Å². The Morgan fingerprint density at radius 3 is 2.12 bits per heavy atom. The highest BCUT2D eigenvalue weighted by Crippen LogP contribution is 2.36.